The van der Waals surface area contributed by atoms with Gasteiger partial charge in [-0.05, 0) is 30.3 Å². The molecule has 0 fully saturated rings. The number of nitrogens with one attached hydrogen (secondary N) is 1. The fourth-order valence-electron chi connectivity index (χ4n) is 2.13. The zero-order chi connectivity index (χ0) is 16.9. The number of carbonyl (C=O) groups excluding carboxylic acids is 1. The molecule has 0 atom stereocenters. The second kappa shape index (κ2) is 7.27. The highest BCUT2D eigenvalue weighted by Gasteiger charge is 2.14. The molecule has 0 unspecified atom stereocenters. The third-order valence-corrected chi connectivity index (χ3v) is 3.79. The minimum Gasteiger partial charge on any atom is -0.496 e. The van der Waals surface area contributed by atoms with Gasteiger partial charge in [0.15, 0.2) is 0 Å². The molecule has 0 spiro atoms. The molecular formula is C17H14BrN3O3. The van der Waals surface area contributed by atoms with E-state index >= 15 is 0 Å². The molecule has 2 aromatic carbocycles. The molecule has 0 saturated heterocycles. The lowest BCUT2D eigenvalue weighted by Crippen LogP contribution is -2.23. The molecular weight excluding hydrogens is 374 g/mol. The van der Waals surface area contributed by atoms with Crippen LogP contribution < -0.4 is 10.1 Å². The van der Waals surface area contributed by atoms with Gasteiger partial charge in [0, 0.05) is 10.0 Å². The normalized spacial score (nSPS) is 10.4. The zero-order valence-electron chi connectivity index (χ0n) is 12.8. The van der Waals surface area contributed by atoms with Crippen molar-refractivity contribution >= 4 is 21.8 Å². The van der Waals surface area contributed by atoms with Crippen molar-refractivity contribution in [2.24, 2.45) is 0 Å². The highest BCUT2D eigenvalue weighted by Crippen LogP contribution is 2.23. The van der Waals surface area contributed by atoms with Crippen molar-refractivity contribution in [1.29, 1.82) is 0 Å². The summed E-state index contributed by atoms with van der Waals surface area (Å²) in [4.78, 5) is 12.3. The van der Waals surface area contributed by atoms with Crippen LogP contribution in [0.5, 0.6) is 5.75 Å². The van der Waals surface area contributed by atoms with Crippen molar-refractivity contribution < 1.29 is 13.9 Å². The molecule has 0 radical (unpaired) electrons. The van der Waals surface area contributed by atoms with E-state index in [1.807, 2.05) is 30.3 Å². The van der Waals surface area contributed by atoms with Crippen LogP contribution in [0.3, 0.4) is 0 Å². The summed E-state index contributed by atoms with van der Waals surface area (Å²) in [6.07, 6.45) is 0. The predicted octanol–water partition coefficient (Wildman–Crippen LogP) is 3.44. The minimum atomic E-state index is -0.285. The van der Waals surface area contributed by atoms with Gasteiger partial charge in [-0.1, -0.05) is 34.1 Å². The number of methoxy groups -OCH3 is 1. The SMILES string of the molecule is COc1ccc(Br)cc1C(=O)NCc1nnc(-c2ccccc2)o1. The standard InChI is InChI=1S/C17H14BrN3O3/c1-23-14-8-7-12(18)9-13(14)16(22)19-10-15-20-21-17(24-15)11-5-3-2-4-6-11/h2-9H,10H2,1H3,(H,19,22). The maximum atomic E-state index is 12.3. The highest BCUT2D eigenvalue weighted by atomic mass is 79.9. The van der Waals surface area contributed by atoms with Gasteiger partial charge < -0.3 is 14.5 Å². The zero-order valence-corrected chi connectivity index (χ0v) is 14.4. The Labute approximate surface area is 147 Å². The monoisotopic (exact) mass is 387 g/mol. The molecule has 0 aliphatic carbocycles. The number of nitrogens with zero attached hydrogens (tertiary/aromatic N) is 2. The Kier molecular flexibility index (Phi) is 4.90. The lowest BCUT2D eigenvalue weighted by Gasteiger charge is -2.08. The van der Waals surface area contributed by atoms with Crippen molar-refractivity contribution in [1.82, 2.24) is 15.5 Å². The molecule has 3 rings (SSSR count). The summed E-state index contributed by atoms with van der Waals surface area (Å²) in [5, 5.41) is 10.7. The van der Waals surface area contributed by atoms with Crippen LogP contribution in [0.2, 0.25) is 0 Å². The molecule has 1 heterocycles. The number of rotatable bonds is 5. The number of ether oxygens (including phenoxy) is 1. The molecule has 0 aliphatic rings. The van der Waals surface area contributed by atoms with Gasteiger partial charge in [-0.15, -0.1) is 10.2 Å². The summed E-state index contributed by atoms with van der Waals surface area (Å²) in [7, 11) is 1.52. The van der Waals surface area contributed by atoms with Crippen LogP contribution in [-0.4, -0.2) is 23.2 Å². The Morgan fingerprint density at radius 2 is 2.00 bits per heavy atom. The van der Waals surface area contributed by atoms with Gasteiger partial charge in [0.05, 0.1) is 19.2 Å². The topological polar surface area (TPSA) is 77.2 Å². The van der Waals surface area contributed by atoms with Gasteiger partial charge >= 0.3 is 0 Å². The molecule has 0 bridgehead atoms. The van der Waals surface area contributed by atoms with E-state index in [1.165, 1.54) is 7.11 Å². The van der Waals surface area contributed by atoms with Crippen molar-refractivity contribution in [2.75, 3.05) is 7.11 Å². The summed E-state index contributed by atoms with van der Waals surface area (Å²) >= 11 is 3.34. The lowest BCUT2D eigenvalue weighted by molar-refractivity contribution is 0.0944. The second-order valence-corrected chi connectivity index (χ2v) is 5.81. The van der Waals surface area contributed by atoms with Crippen LogP contribution >= 0.6 is 15.9 Å². The van der Waals surface area contributed by atoms with E-state index in [2.05, 4.69) is 31.4 Å². The van der Waals surface area contributed by atoms with E-state index in [-0.39, 0.29) is 12.5 Å². The molecule has 6 nitrogen and oxygen atoms in total. The molecule has 7 heteroatoms. The van der Waals surface area contributed by atoms with Gasteiger partial charge in [-0.2, -0.15) is 0 Å². The predicted molar refractivity (Wildman–Crippen MR) is 91.6 cm³/mol. The maximum Gasteiger partial charge on any atom is 0.255 e. The van der Waals surface area contributed by atoms with Crippen molar-refractivity contribution in [3.05, 3.63) is 64.5 Å². The Bertz CT molecular complexity index is 849. The first-order chi connectivity index (χ1) is 11.7. The highest BCUT2D eigenvalue weighted by molar-refractivity contribution is 9.10. The number of hydrogen-bond acceptors (Lipinski definition) is 5. The fraction of sp³-hybridized carbons (Fsp3) is 0.118. The number of halogens is 1. The third kappa shape index (κ3) is 3.62. The fourth-order valence-corrected chi connectivity index (χ4v) is 2.49. The van der Waals surface area contributed by atoms with Crippen LogP contribution in [0.25, 0.3) is 11.5 Å². The second-order valence-electron chi connectivity index (χ2n) is 4.89. The molecule has 1 N–H and O–H groups in total. The Morgan fingerprint density at radius 3 is 2.75 bits per heavy atom. The van der Waals surface area contributed by atoms with Crippen molar-refractivity contribution in [3.8, 4) is 17.2 Å². The molecule has 1 aromatic heterocycles. The maximum absolute atomic E-state index is 12.3. The summed E-state index contributed by atoms with van der Waals surface area (Å²) < 4.78 is 11.6. The number of amides is 1. The van der Waals surface area contributed by atoms with Gasteiger partial charge in [0.1, 0.15) is 5.75 Å². The average Bonchev–Trinajstić information content (AvgIpc) is 3.09. The number of carbonyl (C=O) groups is 1. The minimum absolute atomic E-state index is 0.133. The Balaban J connectivity index is 1.69. The molecule has 0 saturated carbocycles. The van der Waals surface area contributed by atoms with Crippen molar-refractivity contribution in [2.45, 2.75) is 6.54 Å². The number of hydrogen-bond donors (Lipinski definition) is 1. The summed E-state index contributed by atoms with van der Waals surface area (Å²) in [5.41, 5.74) is 1.26. The largest absolute Gasteiger partial charge is 0.496 e. The van der Waals surface area contributed by atoms with E-state index in [1.54, 1.807) is 18.2 Å². The van der Waals surface area contributed by atoms with E-state index in [9.17, 15) is 4.79 Å². The molecule has 122 valence electrons. The van der Waals surface area contributed by atoms with Crippen LogP contribution in [-0.2, 0) is 6.54 Å². The third-order valence-electron chi connectivity index (χ3n) is 3.29. The first kappa shape index (κ1) is 16.2. The van der Waals surface area contributed by atoms with Crippen LogP contribution in [0.15, 0.2) is 57.4 Å². The van der Waals surface area contributed by atoms with Gasteiger partial charge in [0.25, 0.3) is 5.91 Å². The quantitative estimate of drug-likeness (QED) is 0.725. The van der Waals surface area contributed by atoms with Crippen molar-refractivity contribution in [3.63, 3.8) is 0 Å². The van der Waals surface area contributed by atoms with Gasteiger partial charge in [-0.3, -0.25) is 4.79 Å². The van der Waals surface area contributed by atoms with Gasteiger partial charge in [-0.25, -0.2) is 0 Å². The van der Waals surface area contributed by atoms with Gasteiger partial charge in [0.2, 0.25) is 11.8 Å². The van der Waals surface area contributed by atoms with Crippen LogP contribution in [0, 0.1) is 0 Å². The summed E-state index contributed by atoms with van der Waals surface area (Å²) in [6, 6.07) is 14.7. The Hall–Kier alpha value is -2.67. The molecule has 0 aliphatic heterocycles. The lowest BCUT2D eigenvalue weighted by atomic mass is 10.2. The summed E-state index contributed by atoms with van der Waals surface area (Å²) in [5.74, 6) is 0.954. The van der Waals surface area contributed by atoms with Crippen LogP contribution in [0.4, 0.5) is 0 Å². The number of benzene rings is 2. The first-order valence-electron chi connectivity index (χ1n) is 7.17. The van der Waals surface area contributed by atoms with E-state index in [0.717, 1.165) is 10.0 Å². The smallest absolute Gasteiger partial charge is 0.255 e. The first-order valence-corrected chi connectivity index (χ1v) is 7.96. The number of aromatic nitrogens is 2. The van der Waals surface area contributed by atoms with E-state index in [0.29, 0.717) is 23.1 Å². The van der Waals surface area contributed by atoms with E-state index in [4.69, 9.17) is 9.15 Å². The molecule has 24 heavy (non-hydrogen) atoms. The van der Waals surface area contributed by atoms with E-state index < -0.39 is 0 Å². The summed E-state index contributed by atoms with van der Waals surface area (Å²) in [6.45, 7) is 0.133. The van der Waals surface area contributed by atoms with Crippen LogP contribution in [0.1, 0.15) is 16.2 Å². The molecule has 1 amide bonds. The molecule has 3 aromatic rings. The average molecular weight is 388 g/mol. The Morgan fingerprint density at radius 1 is 1.21 bits per heavy atom.